The second kappa shape index (κ2) is 8.26. The summed E-state index contributed by atoms with van der Waals surface area (Å²) in [4.78, 5) is 18.8. The molecule has 2 aromatic carbocycles. The van der Waals surface area contributed by atoms with Crippen molar-refractivity contribution in [3.05, 3.63) is 66.6 Å². The van der Waals surface area contributed by atoms with Crippen molar-refractivity contribution in [2.24, 2.45) is 11.3 Å². The Morgan fingerprint density at radius 3 is 2.59 bits per heavy atom. The highest BCUT2D eigenvalue weighted by Gasteiger charge is 2.57. The second-order valence-electron chi connectivity index (χ2n) is 9.99. The maximum atomic E-state index is 11.6. The van der Waals surface area contributed by atoms with Gasteiger partial charge in [-0.2, -0.15) is 0 Å². The van der Waals surface area contributed by atoms with E-state index >= 15 is 0 Å². The fourth-order valence-electron chi connectivity index (χ4n) is 6.17. The van der Waals surface area contributed by atoms with Gasteiger partial charge in [0.05, 0.1) is 30.4 Å². The van der Waals surface area contributed by atoms with Gasteiger partial charge in [-0.3, -0.25) is 4.79 Å². The van der Waals surface area contributed by atoms with E-state index in [0.717, 1.165) is 38.0 Å². The quantitative estimate of drug-likeness (QED) is 0.560. The Balaban J connectivity index is 1.10. The molecule has 1 saturated heterocycles. The second-order valence-corrected chi connectivity index (χ2v) is 11.2. The summed E-state index contributed by atoms with van der Waals surface area (Å²) in [5.74, 6) is 0.269. The van der Waals surface area contributed by atoms with Crippen LogP contribution in [-0.2, 0) is 4.79 Å². The summed E-state index contributed by atoms with van der Waals surface area (Å²) in [6.45, 7) is 3.52. The first-order valence-electron chi connectivity index (χ1n) is 12.0. The average molecular weight is 475 g/mol. The fraction of sp³-hybridized carbons (Fsp3) is 0.407. The van der Waals surface area contributed by atoms with Crippen molar-refractivity contribution >= 4 is 23.5 Å². The summed E-state index contributed by atoms with van der Waals surface area (Å²) >= 11 is 1.77. The minimum Gasteiger partial charge on any atom is -0.392 e. The summed E-state index contributed by atoms with van der Waals surface area (Å²) in [5.41, 5.74) is 4.69. The van der Waals surface area contributed by atoms with Crippen molar-refractivity contribution in [2.45, 2.75) is 43.2 Å². The lowest BCUT2D eigenvalue weighted by molar-refractivity contribution is -0.152. The van der Waals surface area contributed by atoms with E-state index in [1.54, 1.807) is 30.8 Å². The van der Waals surface area contributed by atoms with Crippen LogP contribution in [-0.4, -0.2) is 51.1 Å². The molecule has 2 aliphatic heterocycles. The number of imidazole rings is 1. The van der Waals surface area contributed by atoms with Gasteiger partial charge < -0.3 is 14.6 Å². The third kappa shape index (κ3) is 3.41. The molecule has 3 atom stereocenters. The van der Waals surface area contributed by atoms with Gasteiger partial charge in [0.2, 0.25) is 5.91 Å². The maximum absolute atomic E-state index is 11.6. The first-order chi connectivity index (χ1) is 16.5. The summed E-state index contributed by atoms with van der Waals surface area (Å²) < 4.78 is 4.68. The molecule has 1 N–H and O–H groups in total. The normalized spacial score (nSPS) is 25.0. The number of anilines is 1. The zero-order valence-electron chi connectivity index (χ0n) is 19.6. The minimum absolute atomic E-state index is 0.0319. The standard InChI is InChI=1S/C27H30N4O2S/c1-18(32)29(2)19-7-9-20(10-8-19)34-30-13-11-27(12-14-30)15-23(26(27)33)25-22-6-4-3-5-21(22)24-16-28-17-31(24)25/h3-10,16-17,23,25-26,33H,11-15H2,1-2H3. The van der Waals surface area contributed by atoms with E-state index in [1.165, 1.54) is 21.7 Å². The Morgan fingerprint density at radius 1 is 1.15 bits per heavy atom. The van der Waals surface area contributed by atoms with E-state index in [-0.39, 0.29) is 29.4 Å². The van der Waals surface area contributed by atoms with Crippen LogP contribution in [0.3, 0.4) is 0 Å². The summed E-state index contributed by atoms with van der Waals surface area (Å²) in [5, 5.41) is 11.4. The van der Waals surface area contributed by atoms with Gasteiger partial charge in [0.1, 0.15) is 0 Å². The Hall–Kier alpha value is -2.61. The zero-order valence-corrected chi connectivity index (χ0v) is 20.4. The van der Waals surface area contributed by atoms with Gasteiger partial charge in [0, 0.05) is 49.1 Å². The molecule has 2 fully saturated rings. The van der Waals surface area contributed by atoms with Crippen molar-refractivity contribution in [3.63, 3.8) is 0 Å². The number of carbonyl (C=O) groups is 1. The molecule has 6 nitrogen and oxygen atoms in total. The zero-order chi connectivity index (χ0) is 23.4. The lowest BCUT2D eigenvalue weighted by Crippen LogP contribution is -2.58. The number of piperidine rings is 1. The molecular formula is C27H30N4O2S. The lowest BCUT2D eigenvalue weighted by atomic mass is 9.53. The minimum atomic E-state index is -0.285. The van der Waals surface area contributed by atoms with Gasteiger partial charge >= 0.3 is 0 Å². The van der Waals surface area contributed by atoms with Crippen LogP contribution in [0.5, 0.6) is 0 Å². The van der Waals surface area contributed by atoms with Gasteiger partial charge in [-0.15, -0.1) is 0 Å². The molecule has 3 aliphatic rings. The molecule has 3 heterocycles. The predicted molar refractivity (Wildman–Crippen MR) is 135 cm³/mol. The first-order valence-corrected chi connectivity index (χ1v) is 12.8. The van der Waals surface area contributed by atoms with Crippen LogP contribution in [0.2, 0.25) is 0 Å². The van der Waals surface area contributed by atoms with Gasteiger partial charge in [-0.25, -0.2) is 9.29 Å². The van der Waals surface area contributed by atoms with E-state index in [4.69, 9.17) is 0 Å². The number of benzene rings is 2. The number of hydrogen-bond donors (Lipinski definition) is 1. The smallest absolute Gasteiger partial charge is 0.223 e. The number of carbonyl (C=O) groups excluding carboxylic acids is 1. The molecule has 0 radical (unpaired) electrons. The summed E-state index contributed by atoms with van der Waals surface area (Å²) in [7, 11) is 1.80. The van der Waals surface area contributed by atoms with Crippen molar-refractivity contribution in [2.75, 3.05) is 25.0 Å². The molecule has 1 aliphatic carbocycles. The van der Waals surface area contributed by atoms with Crippen molar-refractivity contribution < 1.29 is 9.90 Å². The van der Waals surface area contributed by atoms with Crippen molar-refractivity contribution in [3.8, 4) is 11.3 Å². The van der Waals surface area contributed by atoms with Gasteiger partial charge in [0.25, 0.3) is 0 Å². The summed E-state index contributed by atoms with van der Waals surface area (Å²) in [6.07, 6.45) is 6.70. The Labute approximate surface area is 204 Å². The summed E-state index contributed by atoms with van der Waals surface area (Å²) in [6, 6.07) is 16.9. The van der Waals surface area contributed by atoms with Gasteiger partial charge in [-0.05, 0) is 66.5 Å². The number of amides is 1. The number of aliphatic hydroxyl groups is 1. The van der Waals surface area contributed by atoms with Crippen LogP contribution in [0.1, 0.15) is 37.8 Å². The first kappa shape index (κ1) is 21.9. The molecule has 1 spiro atoms. The Morgan fingerprint density at radius 2 is 1.88 bits per heavy atom. The molecular weight excluding hydrogens is 444 g/mol. The van der Waals surface area contributed by atoms with Crippen LogP contribution in [0.25, 0.3) is 11.3 Å². The Bertz CT molecular complexity index is 1220. The number of hydrogen-bond acceptors (Lipinski definition) is 5. The SMILES string of the molecule is CC(=O)N(C)c1ccc(SN2CCC3(CC2)CC(C2c4ccccc4-c4cncn42)C3O)cc1. The third-order valence-electron chi connectivity index (χ3n) is 8.25. The highest BCUT2D eigenvalue weighted by atomic mass is 32.2. The van der Waals surface area contributed by atoms with E-state index < -0.39 is 0 Å². The number of aromatic nitrogens is 2. The predicted octanol–water partition coefficient (Wildman–Crippen LogP) is 4.61. The lowest BCUT2D eigenvalue weighted by Gasteiger charge is -2.57. The highest BCUT2D eigenvalue weighted by molar-refractivity contribution is 7.97. The molecule has 6 rings (SSSR count). The molecule has 34 heavy (non-hydrogen) atoms. The highest BCUT2D eigenvalue weighted by Crippen LogP contribution is 2.59. The number of rotatable bonds is 4. The van der Waals surface area contributed by atoms with Crippen molar-refractivity contribution in [1.82, 2.24) is 13.9 Å². The van der Waals surface area contributed by atoms with E-state index in [1.807, 2.05) is 24.7 Å². The maximum Gasteiger partial charge on any atom is 0.223 e. The largest absolute Gasteiger partial charge is 0.392 e. The molecule has 1 aromatic heterocycles. The molecule has 176 valence electrons. The molecule has 0 bridgehead atoms. The van der Waals surface area contributed by atoms with E-state index in [2.05, 4.69) is 50.3 Å². The van der Waals surface area contributed by atoms with Crippen LogP contribution >= 0.6 is 11.9 Å². The number of fused-ring (bicyclic) bond motifs is 3. The van der Waals surface area contributed by atoms with E-state index in [9.17, 15) is 9.90 Å². The molecule has 1 saturated carbocycles. The van der Waals surface area contributed by atoms with Crippen LogP contribution in [0.15, 0.2) is 66.0 Å². The Kier molecular flexibility index (Phi) is 5.32. The molecule has 1 amide bonds. The van der Waals surface area contributed by atoms with Crippen molar-refractivity contribution in [1.29, 1.82) is 0 Å². The number of nitrogens with zero attached hydrogens (tertiary/aromatic N) is 4. The van der Waals surface area contributed by atoms with Gasteiger partial charge in [-0.1, -0.05) is 24.3 Å². The van der Waals surface area contributed by atoms with Crippen LogP contribution in [0.4, 0.5) is 5.69 Å². The van der Waals surface area contributed by atoms with Crippen LogP contribution in [0, 0.1) is 11.3 Å². The van der Waals surface area contributed by atoms with E-state index in [0.29, 0.717) is 0 Å². The third-order valence-corrected chi connectivity index (χ3v) is 9.36. The van der Waals surface area contributed by atoms with Gasteiger partial charge in [0.15, 0.2) is 0 Å². The monoisotopic (exact) mass is 474 g/mol. The topological polar surface area (TPSA) is 61.6 Å². The molecule has 7 heteroatoms. The average Bonchev–Trinajstić information content (AvgIpc) is 3.45. The number of aliphatic hydroxyl groups excluding tert-OH is 1. The van der Waals surface area contributed by atoms with Crippen LogP contribution < -0.4 is 4.90 Å². The molecule has 3 aromatic rings. The molecule has 3 unspecified atom stereocenters. The fourth-order valence-corrected chi connectivity index (χ4v) is 7.09.